The van der Waals surface area contributed by atoms with Crippen molar-refractivity contribution in [3.8, 4) is 0 Å². The number of aliphatic hydroxyl groups is 1. The first kappa shape index (κ1) is 13.5. The second-order valence-electron chi connectivity index (χ2n) is 5.09. The fourth-order valence-electron chi connectivity index (χ4n) is 2.65. The van der Waals surface area contributed by atoms with Crippen LogP contribution in [0.25, 0.3) is 0 Å². The minimum atomic E-state index is 0.270. The Morgan fingerprint density at radius 1 is 1.28 bits per heavy atom. The summed E-state index contributed by atoms with van der Waals surface area (Å²) in [7, 11) is 0. The number of benzene rings is 1. The normalized spacial score (nSPS) is 18.8. The van der Waals surface area contributed by atoms with Gasteiger partial charge in [0.1, 0.15) is 0 Å². The lowest BCUT2D eigenvalue weighted by Crippen LogP contribution is -2.49. The van der Waals surface area contributed by atoms with Crippen LogP contribution in [0.2, 0.25) is 0 Å². The van der Waals surface area contributed by atoms with Crippen LogP contribution in [0.15, 0.2) is 24.3 Å². The molecule has 2 rings (SSSR count). The first-order valence-electron chi connectivity index (χ1n) is 6.91. The van der Waals surface area contributed by atoms with Gasteiger partial charge in [-0.05, 0) is 30.9 Å². The summed E-state index contributed by atoms with van der Waals surface area (Å²) in [5, 5.41) is 12.9. The van der Waals surface area contributed by atoms with Crippen molar-refractivity contribution in [1.29, 1.82) is 0 Å². The minimum absolute atomic E-state index is 0.270. The van der Waals surface area contributed by atoms with E-state index in [4.69, 9.17) is 0 Å². The molecule has 1 atom stereocenters. The number of hydrogen-bond acceptors (Lipinski definition) is 3. The maximum absolute atomic E-state index is 9.56. The summed E-state index contributed by atoms with van der Waals surface area (Å²) in [5.74, 6) is 0. The molecule has 3 nitrogen and oxygen atoms in total. The summed E-state index contributed by atoms with van der Waals surface area (Å²) in [6.07, 6.45) is 2.10. The monoisotopic (exact) mass is 248 g/mol. The van der Waals surface area contributed by atoms with Crippen LogP contribution in [0.5, 0.6) is 0 Å². The molecule has 1 saturated heterocycles. The standard InChI is InChI=1S/C15H24N2O/c1-13-4-2-3-5-14(13)6-7-15(12-18)17-10-8-16-9-11-17/h2-5,15-16,18H,6-12H2,1H3. The Labute approximate surface area is 110 Å². The predicted molar refractivity (Wildman–Crippen MR) is 74.8 cm³/mol. The zero-order valence-electron chi connectivity index (χ0n) is 11.2. The van der Waals surface area contributed by atoms with Gasteiger partial charge >= 0.3 is 0 Å². The molecule has 1 aliphatic rings. The van der Waals surface area contributed by atoms with E-state index < -0.39 is 0 Å². The number of aliphatic hydroxyl groups excluding tert-OH is 1. The third kappa shape index (κ3) is 3.55. The molecule has 0 radical (unpaired) electrons. The third-order valence-electron chi connectivity index (χ3n) is 3.89. The SMILES string of the molecule is Cc1ccccc1CCC(CO)N1CCNCC1. The Morgan fingerprint density at radius 3 is 2.67 bits per heavy atom. The molecule has 0 bridgehead atoms. The van der Waals surface area contributed by atoms with E-state index in [1.807, 2.05) is 0 Å². The van der Waals surface area contributed by atoms with Gasteiger partial charge in [0.15, 0.2) is 0 Å². The largest absolute Gasteiger partial charge is 0.395 e. The lowest BCUT2D eigenvalue weighted by Gasteiger charge is -2.34. The summed E-state index contributed by atoms with van der Waals surface area (Å²) >= 11 is 0. The highest BCUT2D eigenvalue weighted by Gasteiger charge is 2.19. The van der Waals surface area contributed by atoms with Crippen molar-refractivity contribution < 1.29 is 5.11 Å². The second-order valence-corrected chi connectivity index (χ2v) is 5.09. The van der Waals surface area contributed by atoms with Gasteiger partial charge in [-0.2, -0.15) is 0 Å². The minimum Gasteiger partial charge on any atom is -0.395 e. The van der Waals surface area contributed by atoms with Crippen LogP contribution in [0.1, 0.15) is 17.5 Å². The zero-order valence-corrected chi connectivity index (χ0v) is 11.2. The average molecular weight is 248 g/mol. The van der Waals surface area contributed by atoms with Crippen molar-refractivity contribution in [1.82, 2.24) is 10.2 Å². The summed E-state index contributed by atoms with van der Waals surface area (Å²) in [6.45, 7) is 6.62. The molecular weight excluding hydrogens is 224 g/mol. The summed E-state index contributed by atoms with van der Waals surface area (Å²) in [4.78, 5) is 2.41. The summed E-state index contributed by atoms with van der Waals surface area (Å²) < 4.78 is 0. The van der Waals surface area contributed by atoms with Gasteiger partial charge in [-0.1, -0.05) is 24.3 Å². The second kappa shape index (κ2) is 6.88. The number of hydrogen-bond donors (Lipinski definition) is 2. The lowest BCUT2D eigenvalue weighted by molar-refractivity contribution is 0.104. The van der Waals surface area contributed by atoms with Gasteiger partial charge in [0.25, 0.3) is 0 Å². The molecule has 1 fully saturated rings. The predicted octanol–water partition coefficient (Wildman–Crippen LogP) is 1.19. The van der Waals surface area contributed by atoms with Crippen molar-refractivity contribution in [2.75, 3.05) is 32.8 Å². The van der Waals surface area contributed by atoms with Crippen LogP contribution in [0.4, 0.5) is 0 Å². The van der Waals surface area contributed by atoms with E-state index in [2.05, 4.69) is 41.4 Å². The van der Waals surface area contributed by atoms with Crippen molar-refractivity contribution in [3.05, 3.63) is 35.4 Å². The molecule has 0 saturated carbocycles. The van der Waals surface area contributed by atoms with Crippen molar-refractivity contribution in [2.45, 2.75) is 25.8 Å². The molecule has 18 heavy (non-hydrogen) atoms. The summed E-state index contributed by atoms with van der Waals surface area (Å²) in [6, 6.07) is 8.85. The quantitative estimate of drug-likeness (QED) is 0.822. The molecule has 0 aromatic heterocycles. The first-order valence-corrected chi connectivity index (χ1v) is 6.91. The van der Waals surface area contributed by atoms with Gasteiger partial charge in [0.05, 0.1) is 6.61 Å². The van der Waals surface area contributed by atoms with E-state index in [1.54, 1.807) is 0 Å². The van der Waals surface area contributed by atoms with Crippen LogP contribution in [-0.4, -0.2) is 48.8 Å². The number of aryl methyl sites for hydroxylation is 2. The third-order valence-corrected chi connectivity index (χ3v) is 3.89. The molecule has 1 aromatic rings. The number of rotatable bonds is 5. The van der Waals surface area contributed by atoms with Gasteiger partial charge in [-0.15, -0.1) is 0 Å². The fraction of sp³-hybridized carbons (Fsp3) is 0.600. The van der Waals surface area contributed by atoms with Crippen LogP contribution < -0.4 is 5.32 Å². The van der Waals surface area contributed by atoms with Gasteiger partial charge in [0, 0.05) is 32.2 Å². The van der Waals surface area contributed by atoms with E-state index >= 15 is 0 Å². The van der Waals surface area contributed by atoms with Gasteiger partial charge in [0.2, 0.25) is 0 Å². The van der Waals surface area contributed by atoms with Gasteiger partial charge in [-0.3, -0.25) is 4.90 Å². The molecule has 100 valence electrons. The van der Waals surface area contributed by atoms with Crippen molar-refractivity contribution >= 4 is 0 Å². The molecule has 3 heteroatoms. The van der Waals surface area contributed by atoms with Crippen LogP contribution in [0, 0.1) is 6.92 Å². The molecule has 0 spiro atoms. The molecule has 1 aliphatic heterocycles. The van der Waals surface area contributed by atoms with E-state index in [-0.39, 0.29) is 6.61 Å². The van der Waals surface area contributed by atoms with E-state index in [0.717, 1.165) is 39.0 Å². The van der Waals surface area contributed by atoms with Crippen LogP contribution in [0.3, 0.4) is 0 Å². The maximum Gasteiger partial charge on any atom is 0.0587 e. The first-order chi connectivity index (χ1) is 8.81. The van der Waals surface area contributed by atoms with Gasteiger partial charge in [-0.25, -0.2) is 0 Å². The Hall–Kier alpha value is -0.900. The molecule has 1 heterocycles. The van der Waals surface area contributed by atoms with Gasteiger partial charge < -0.3 is 10.4 Å². The Bertz CT molecular complexity index is 361. The molecule has 1 aromatic carbocycles. The Balaban J connectivity index is 1.88. The maximum atomic E-state index is 9.56. The highest BCUT2D eigenvalue weighted by Crippen LogP contribution is 2.13. The highest BCUT2D eigenvalue weighted by atomic mass is 16.3. The van der Waals surface area contributed by atoms with E-state index in [9.17, 15) is 5.11 Å². The topological polar surface area (TPSA) is 35.5 Å². The Kier molecular flexibility index (Phi) is 5.17. The molecule has 2 N–H and O–H groups in total. The highest BCUT2D eigenvalue weighted by molar-refractivity contribution is 5.25. The fourth-order valence-corrected chi connectivity index (χ4v) is 2.65. The molecule has 1 unspecified atom stereocenters. The van der Waals surface area contributed by atoms with E-state index in [1.165, 1.54) is 11.1 Å². The van der Waals surface area contributed by atoms with E-state index in [0.29, 0.717) is 6.04 Å². The summed E-state index contributed by atoms with van der Waals surface area (Å²) in [5.41, 5.74) is 2.76. The van der Waals surface area contributed by atoms with Crippen LogP contribution >= 0.6 is 0 Å². The molecule has 0 amide bonds. The number of nitrogens with one attached hydrogen (secondary N) is 1. The average Bonchev–Trinajstić information content (AvgIpc) is 2.42. The van der Waals surface area contributed by atoms with Crippen molar-refractivity contribution in [3.63, 3.8) is 0 Å². The number of nitrogens with zero attached hydrogens (tertiary/aromatic N) is 1. The van der Waals surface area contributed by atoms with Crippen molar-refractivity contribution in [2.24, 2.45) is 0 Å². The lowest BCUT2D eigenvalue weighted by atomic mass is 10.0. The smallest absolute Gasteiger partial charge is 0.0587 e. The zero-order chi connectivity index (χ0) is 12.8. The number of piperazine rings is 1. The molecule has 0 aliphatic carbocycles. The molecular formula is C15H24N2O. The Morgan fingerprint density at radius 2 is 2.00 bits per heavy atom. The van der Waals surface area contributed by atoms with Crippen LogP contribution in [-0.2, 0) is 6.42 Å².